The minimum absolute atomic E-state index is 0. The summed E-state index contributed by atoms with van der Waals surface area (Å²) < 4.78 is 8.74. The van der Waals surface area contributed by atoms with E-state index in [0.717, 1.165) is 0 Å². The molecule has 3 radical (unpaired) electrons. The monoisotopic (exact) mass is 259 g/mol. The molecule has 0 aromatic heterocycles. The zero-order valence-electron chi connectivity index (χ0n) is 5.09. The third-order valence-electron chi connectivity index (χ3n) is 0. The zero-order valence-corrected chi connectivity index (χ0v) is 8.53. The molecule has 37 valence electrons. The van der Waals surface area contributed by atoms with Crippen LogP contribution in [0.3, 0.4) is 0 Å². The Morgan fingerprint density at radius 3 is 1.43 bits per heavy atom. The van der Waals surface area contributed by atoms with Crippen molar-refractivity contribution in [2.24, 2.45) is 0 Å². The Balaban J connectivity index is -0.00000000450. The van der Waals surface area contributed by atoms with Crippen molar-refractivity contribution < 1.29 is 16.9 Å². The smallest absolute Gasteiger partial charge is 1.00 e. The molecule has 0 aliphatic carbocycles. The van der Waals surface area contributed by atoms with Crippen molar-refractivity contribution in [3.8, 4) is 0 Å². The van der Waals surface area contributed by atoms with Crippen molar-refractivity contribution >= 4 is 83.8 Å². The maximum Gasteiger partial charge on any atom is 2.00 e. The summed E-state index contributed by atoms with van der Waals surface area (Å²) in [6.45, 7) is 0. The van der Waals surface area contributed by atoms with E-state index in [-0.39, 0.29) is 77.5 Å². The Morgan fingerprint density at radius 1 is 1.43 bits per heavy atom. The second kappa shape index (κ2) is 15.7. The summed E-state index contributed by atoms with van der Waals surface area (Å²) in [5, 5.41) is 0. The van der Waals surface area contributed by atoms with Crippen LogP contribution < -0.4 is 0 Å². The summed E-state index contributed by atoms with van der Waals surface area (Å²) in [7, 11) is -3.13. The van der Waals surface area contributed by atoms with Crippen molar-refractivity contribution in [1.29, 1.82) is 0 Å². The SMILES string of the molecule is O=[Si](O)O.[AlH3].[B].[Ba+2].[H-].[H-]. The molecule has 0 aromatic rings. The molecule has 7 heteroatoms. The van der Waals surface area contributed by atoms with Crippen LogP contribution in [0.25, 0.3) is 0 Å². The molecule has 0 spiro atoms. The molecule has 7 heavy (non-hydrogen) atoms. The molecule has 0 aliphatic rings. The summed E-state index contributed by atoms with van der Waals surface area (Å²) >= 11 is 0. The van der Waals surface area contributed by atoms with Gasteiger partial charge in [0.25, 0.3) is 0 Å². The first-order valence-corrected chi connectivity index (χ1v) is 1.95. The largest absolute Gasteiger partial charge is 2.00 e. The molecule has 0 fully saturated rings. The molecule has 0 unspecified atom stereocenters. The van der Waals surface area contributed by atoms with Gasteiger partial charge in [-0.25, -0.2) is 0 Å². The quantitative estimate of drug-likeness (QED) is 0.447. The minimum Gasteiger partial charge on any atom is -1.00 e. The van der Waals surface area contributed by atoms with E-state index in [1.807, 2.05) is 0 Å². The molecule has 0 atom stereocenters. The van der Waals surface area contributed by atoms with Crippen LogP contribution in [0.15, 0.2) is 0 Å². The third-order valence-corrected chi connectivity index (χ3v) is 0. The molecule has 2 N–H and O–H groups in total. The molecule has 0 aliphatic heterocycles. The van der Waals surface area contributed by atoms with E-state index < -0.39 is 9.17 Å². The van der Waals surface area contributed by atoms with Crippen LogP contribution in [0, 0.1) is 0 Å². The van der Waals surface area contributed by atoms with E-state index in [0.29, 0.717) is 0 Å². The van der Waals surface area contributed by atoms with Crippen LogP contribution in [-0.4, -0.2) is 93.4 Å². The molecule has 0 rings (SSSR count). The summed E-state index contributed by atoms with van der Waals surface area (Å²) in [6.07, 6.45) is 0. The third kappa shape index (κ3) is 81.7. The van der Waals surface area contributed by atoms with E-state index in [9.17, 15) is 0 Å². The summed E-state index contributed by atoms with van der Waals surface area (Å²) in [5.41, 5.74) is 0. The van der Waals surface area contributed by atoms with Gasteiger partial charge >= 0.3 is 58.1 Å². The zero-order chi connectivity index (χ0) is 3.58. The van der Waals surface area contributed by atoms with Gasteiger partial charge in [-0.15, -0.1) is 0 Å². The van der Waals surface area contributed by atoms with Gasteiger partial charge in [0.15, 0.2) is 17.4 Å². The Bertz CT molecular complexity index is 44.8. The van der Waals surface area contributed by atoms with Gasteiger partial charge in [0, 0.05) is 8.41 Å². The summed E-state index contributed by atoms with van der Waals surface area (Å²) in [5.74, 6) is 0. The fourth-order valence-corrected chi connectivity index (χ4v) is 0. The van der Waals surface area contributed by atoms with E-state index in [4.69, 9.17) is 14.1 Å². The molecule has 0 amide bonds. The van der Waals surface area contributed by atoms with Gasteiger partial charge in [-0.2, -0.15) is 0 Å². The molecule has 0 aromatic carbocycles. The fourth-order valence-electron chi connectivity index (χ4n) is 0. The van der Waals surface area contributed by atoms with Crippen LogP contribution in [0.1, 0.15) is 2.85 Å². The molecule has 0 bridgehead atoms. The average molecular weight is 258 g/mol. The predicted octanol–water partition coefficient (Wildman–Crippen LogP) is -3.33. The molecule has 0 saturated carbocycles. The summed E-state index contributed by atoms with van der Waals surface area (Å²) in [4.78, 5) is 14.3. The van der Waals surface area contributed by atoms with Crippen molar-refractivity contribution in [1.82, 2.24) is 0 Å². The Morgan fingerprint density at radius 2 is 1.43 bits per heavy atom. The first-order valence-electron chi connectivity index (χ1n) is 0.651. The van der Waals surface area contributed by atoms with Gasteiger partial charge in [0.1, 0.15) is 0 Å². The number of hydrogen-bond acceptors (Lipinski definition) is 1. The van der Waals surface area contributed by atoms with Crippen LogP contribution in [0.4, 0.5) is 0 Å². The van der Waals surface area contributed by atoms with E-state index in [1.54, 1.807) is 0 Å². The second-order valence-electron chi connectivity index (χ2n) is 0.283. The van der Waals surface area contributed by atoms with Gasteiger partial charge in [-0.3, -0.25) is 4.46 Å². The van der Waals surface area contributed by atoms with Crippen molar-refractivity contribution in [2.45, 2.75) is 0 Å². The van der Waals surface area contributed by atoms with Crippen molar-refractivity contribution in [2.75, 3.05) is 0 Å². The van der Waals surface area contributed by atoms with Crippen LogP contribution >= 0.6 is 0 Å². The maximum atomic E-state index is 8.74. The standard InChI is InChI=1S/Al.B.Ba.H2O3Si.5H/c;;;1-4(2)3;;;;;/h;;;1-2H;;;;;/q;;+2;;;;;2*-1. The molecule has 0 heterocycles. The van der Waals surface area contributed by atoms with E-state index in [1.165, 1.54) is 0 Å². The molecular formula is H7AlBBaO3Si. The van der Waals surface area contributed by atoms with Crippen LogP contribution in [-0.2, 0) is 4.46 Å². The topological polar surface area (TPSA) is 57.5 Å². The molecular weight excluding hydrogens is 251 g/mol. The number of rotatable bonds is 0. The Labute approximate surface area is 99.2 Å². The average Bonchev–Trinajstić information content (AvgIpc) is 0.811. The normalized spacial score (nSPS) is 3.43. The van der Waals surface area contributed by atoms with Crippen LogP contribution in [0.5, 0.6) is 0 Å². The van der Waals surface area contributed by atoms with Gasteiger partial charge in [0.05, 0.1) is 0 Å². The van der Waals surface area contributed by atoms with Gasteiger partial charge in [0.2, 0.25) is 0 Å². The fraction of sp³-hybridized carbons (Fsp3) is 0. The second-order valence-corrected chi connectivity index (χ2v) is 0.848. The first-order chi connectivity index (χ1) is 1.73. The van der Waals surface area contributed by atoms with E-state index >= 15 is 0 Å². The number of hydrogen-bond donors (Lipinski definition) is 2. The predicted molar refractivity (Wildman–Crippen MR) is 34.5 cm³/mol. The first kappa shape index (κ1) is 23.3. The molecule has 3 nitrogen and oxygen atoms in total. The van der Waals surface area contributed by atoms with Crippen LogP contribution in [0.2, 0.25) is 0 Å². The van der Waals surface area contributed by atoms with Crippen molar-refractivity contribution in [3.05, 3.63) is 0 Å². The molecule has 0 saturated heterocycles. The van der Waals surface area contributed by atoms with Gasteiger partial charge < -0.3 is 12.4 Å². The van der Waals surface area contributed by atoms with Gasteiger partial charge in [-0.1, -0.05) is 0 Å². The maximum absolute atomic E-state index is 8.74. The Hall–Kier alpha value is 1.79. The van der Waals surface area contributed by atoms with Gasteiger partial charge in [-0.05, 0) is 0 Å². The Kier molecular flexibility index (Phi) is 52.0. The minimum atomic E-state index is -3.13. The van der Waals surface area contributed by atoms with Crippen molar-refractivity contribution in [3.63, 3.8) is 0 Å². The summed E-state index contributed by atoms with van der Waals surface area (Å²) in [6, 6.07) is 0. The van der Waals surface area contributed by atoms with E-state index in [2.05, 4.69) is 0 Å².